The first-order valence-electron chi connectivity index (χ1n) is 6.03. The molecule has 3 N–H and O–H groups in total. The zero-order valence-electron chi connectivity index (χ0n) is 11.6. The number of hydrogen-bond donors (Lipinski definition) is 3. The van der Waals surface area contributed by atoms with Crippen LogP contribution in [0.4, 0.5) is 5.69 Å². The minimum atomic E-state index is -1.21. The van der Waals surface area contributed by atoms with E-state index in [0.717, 1.165) is 6.20 Å². The number of carboxylic acid groups (broad SMARTS) is 1. The number of anilines is 1. The second kappa shape index (κ2) is 8.06. The van der Waals surface area contributed by atoms with Gasteiger partial charge in [0.15, 0.2) is 0 Å². The van der Waals surface area contributed by atoms with E-state index >= 15 is 0 Å². The summed E-state index contributed by atoms with van der Waals surface area (Å²) in [6.07, 6.45) is 1.14. The monoisotopic (exact) mass is 303 g/mol. The zero-order valence-corrected chi connectivity index (χ0v) is 11.6. The van der Waals surface area contributed by atoms with Gasteiger partial charge in [0.2, 0.25) is 0 Å². The van der Waals surface area contributed by atoms with Gasteiger partial charge in [-0.25, -0.2) is 4.79 Å². The van der Waals surface area contributed by atoms with Gasteiger partial charge in [-0.2, -0.15) is 5.26 Å². The number of methoxy groups -OCH3 is 1. The van der Waals surface area contributed by atoms with E-state index in [1.54, 1.807) is 18.2 Å². The van der Waals surface area contributed by atoms with Gasteiger partial charge in [0, 0.05) is 11.9 Å². The number of nitriles is 1. The SMILES string of the molecule is COC(=O)c1ccc(N/C=C(/C#N)C(=O)NCC(=O)O)cc1. The van der Waals surface area contributed by atoms with E-state index in [1.165, 1.54) is 19.2 Å². The van der Waals surface area contributed by atoms with E-state index in [0.29, 0.717) is 11.3 Å². The average Bonchev–Trinajstić information content (AvgIpc) is 2.53. The molecule has 1 rings (SSSR count). The number of carbonyl (C=O) groups excluding carboxylic acids is 2. The summed E-state index contributed by atoms with van der Waals surface area (Å²) in [5.74, 6) is -2.49. The van der Waals surface area contributed by atoms with Gasteiger partial charge in [0.05, 0.1) is 12.7 Å². The van der Waals surface area contributed by atoms with Crippen LogP contribution in [0.2, 0.25) is 0 Å². The van der Waals surface area contributed by atoms with E-state index in [1.807, 2.05) is 0 Å². The molecular weight excluding hydrogens is 290 g/mol. The van der Waals surface area contributed by atoms with Crippen molar-refractivity contribution in [3.63, 3.8) is 0 Å². The van der Waals surface area contributed by atoms with Crippen molar-refractivity contribution in [2.24, 2.45) is 0 Å². The lowest BCUT2D eigenvalue weighted by Crippen LogP contribution is -2.30. The van der Waals surface area contributed by atoms with Gasteiger partial charge in [-0.3, -0.25) is 9.59 Å². The minimum absolute atomic E-state index is 0.279. The molecule has 0 radical (unpaired) electrons. The summed E-state index contributed by atoms with van der Waals surface area (Å²) in [6, 6.07) is 7.80. The second-order valence-corrected chi connectivity index (χ2v) is 3.96. The predicted octanol–water partition coefficient (Wildman–Crippen LogP) is 0.493. The maximum Gasteiger partial charge on any atom is 0.337 e. The summed E-state index contributed by atoms with van der Waals surface area (Å²) in [5, 5.41) is 22.1. The van der Waals surface area contributed by atoms with Crippen molar-refractivity contribution in [3.05, 3.63) is 41.6 Å². The third kappa shape index (κ3) is 4.97. The summed E-state index contributed by atoms with van der Waals surface area (Å²) >= 11 is 0. The number of hydrogen-bond acceptors (Lipinski definition) is 6. The van der Waals surface area contributed by atoms with Gasteiger partial charge in [-0.15, -0.1) is 0 Å². The van der Waals surface area contributed by atoms with Crippen LogP contribution >= 0.6 is 0 Å². The molecule has 0 aliphatic rings. The van der Waals surface area contributed by atoms with Crippen molar-refractivity contribution in [3.8, 4) is 6.07 Å². The van der Waals surface area contributed by atoms with E-state index in [4.69, 9.17) is 10.4 Å². The van der Waals surface area contributed by atoms with Crippen molar-refractivity contribution < 1.29 is 24.2 Å². The molecule has 8 nitrogen and oxygen atoms in total. The van der Waals surface area contributed by atoms with Crippen molar-refractivity contribution in [1.29, 1.82) is 5.26 Å². The van der Waals surface area contributed by atoms with Crippen LogP contribution in [-0.4, -0.2) is 36.6 Å². The molecule has 0 atom stereocenters. The number of aliphatic carboxylic acids is 1. The summed E-state index contributed by atoms with van der Waals surface area (Å²) in [6.45, 7) is -0.578. The highest BCUT2D eigenvalue weighted by atomic mass is 16.5. The van der Waals surface area contributed by atoms with E-state index in [9.17, 15) is 14.4 Å². The molecule has 1 amide bonds. The van der Waals surface area contributed by atoms with Crippen LogP contribution in [0, 0.1) is 11.3 Å². The lowest BCUT2D eigenvalue weighted by molar-refractivity contribution is -0.137. The number of rotatable bonds is 6. The molecule has 0 saturated heterocycles. The molecule has 0 spiro atoms. The molecule has 1 aromatic rings. The highest BCUT2D eigenvalue weighted by Crippen LogP contribution is 2.11. The quantitative estimate of drug-likeness (QED) is 0.396. The van der Waals surface area contributed by atoms with Gasteiger partial charge >= 0.3 is 11.9 Å². The largest absolute Gasteiger partial charge is 0.480 e. The van der Waals surface area contributed by atoms with Gasteiger partial charge in [-0.1, -0.05) is 0 Å². The molecule has 0 heterocycles. The number of nitrogens with zero attached hydrogens (tertiary/aromatic N) is 1. The van der Waals surface area contributed by atoms with Crippen LogP contribution in [0.25, 0.3) is 0 Å². The van der Waals surface area contributed by atoms with Crippen LogP contribution in [0.15, 0.2) is 36.0 Å². The van der Waals surface area contributed by atoms with Gasteiger partial charge in [0.1, 0.15) is 18.2 Å². The lowest BCUT2D eigenvalue weighted by Gasteiger charge is -2.04. The highest BCUT2D eigenvalue weighted by molar-refractivity contribution is 5.98. The number of carbonyl (C=O) groups is 3. The van der Waals surface area contributed by atoms with Crippen molar-refractivity contribution >= 4 is 23.5 Å². The van der Waals surface area contributed by atoms with Crippen LogP contribution in [0.3, 0.4) is 0 Å². The number of benzene rings is 1. The van der Waals surface area contributed by atoms with Crippen molar-refractivity contribution in [2.45, 2.75) is 0 Å². The van der Waals surface area contributed by atoms with Crippen molar-refractivity contribution in [2.75, 3.05) is 19.0 Å². The summed E-state index contributed by atoms with van der Waals surface area (Å²) in [4.78, 5) is 33.1. The predicted molar refractivity (Wildman–Crippen MR) is 75.7 cm³/mol. The first kappa shape index (κ1) is 16.7. The maximum absolute atomic E-state index is 11.5. The molecule has 0 saturated carbocycles. The molecule has 22 heavy (non-hydrogen) atoms. The Hall–Kier alpha value is -3.34. The summed E-state index contributed by atoms with van der Waals surface area (Å²) in [7, 11) is 1.27. The first-order valence-corrected chi connectivity index (χ1v) is 6.03. The molecule has 0 aromatic heterocycles. The second-order valence-electron chi connectivity index (χ2n) is 3.96. The molecule has 8 heteroatoms. The molecule has 0 bridgehead atoms. The maximum atomic E-state index is 11.5. The topological polar surface area (TPSA) is 129 Å². The number of ether oxygens (including phenoxy) is 1. The Morgan fingerprint density at radius 1 is 1.32 bits per heavy atom. The molecule has 0 aliphatic heterocycles. The first-order chi connectivity index (χ1) is 10.5. The van der Waals surface area contributed by atoms with E-state index in [-0.39, 0.29) is 5.57 Å². The van der Waals surface area contributed by atoms with Gasteiger partial charge < -0.3 is 20.5 Å². The number of carboxylic acids is 1. The Labute approximate surface area is 126 Å². The van der Waals surface area contributed by atoms with Gasteiger partial charge in [-0.05, 0) is 24.3 Å². The Bertz CT molecular complexity index is 643. The summed E-state index contributed by atoms with van der Waals surface area (Å²) in [5.41, 5.74) is 0.612. The average molecular weight is 303 g/mol. The fourth-order valence-electron chi connectivity index (χ4n) is 1.38. The number of amides is 1. The summed E-state index contributed by atoms with van der Waals surface area (Å²) < 4.78 is 4.55. The molecule has 0 fully saturated rings. The molecular formula is C14H13N3O5. The Balaban J connectivity index is 2.72. The molecule has 114 valence electrons. The Morgan fingerprint density at radius 3 is 2.45 bits per heavy atom. The standard InChI is InChI=1S/C14H13N3O5/c1-22-14(21)9-2-4-11(5-3-9)16-7-10(6-15)13(20)17-8-12(18)19/h2-5,7,16H,8H2,1H3,(H,17,20)(H,18,19)/b10-7-. The van der Waals surface area contributed by atoms with E-state index in [2.05, 4.69) is 15.4 Å². The highest BCUT2D eigenvalue weighted by Gasteiger charge is 2.10. The Morgan fingerprint density at radius 2 is 1.95 bits per heavy atom. The fourth-order valence-corrected chi connectivity index (χ4v) is 1.38. The zero-order chi connectivity index (χ0) is 16.5. The van der Waals surface area contributed by atoms with E-state index < -0.39 is 24.4 Å². The van der Waals surface area contributed by atoms with Crippen LogP contribution < -0.4 is 10.6 Å². The van der Waals surface area contributed by atoms with Crippen LogP contribution in [0.5, 0.6) is 0 Å². The third-order valence-corrected chi connectivity index (χ3v) is 2.45. The van der Waals surface area contributed by atoms with Gasteiger partial charge in [0.25, 0.3) is 5.91 Å². The van der Waals surface area contributed by atoms with Crippen LogP contribution in [-0.2, 0) is 14.3 Å². The molecule has 0 aliphatic carbocycles. The fraction of sp³-hybridized carbons (Fsp3) is 0.143. The lowest BCUT2D eigenvalue weighted by atomic mass is 10.2. The number of nitrogens with one attached hydrogen (secondary N) is 2. The smallest absolute Gasteiger partial charge is 0.337 e. The van der Waals surface area contributed by atoms with Crippen molar-refractivity contribution in [1.82, 2.24) is 5.32 Å². The van der Waals surface area contributed by atoms with Crippen LogP contribution in [0.1, 0.15) is 10.4 Å². The normalized spacial score (nSPS) is 10.3. The minimum Gasteiger partial charge on any atom is -0.480 e. The number of esters is 1. The third-order valence-electron chi connectivity index (χ3n) is 2.45. The molecule has 0 unspecified atom stereocenters. The Kier molecular flexibility index (Phi) is 6.12. The molecule has 1 aromatic carbocycles.